The van der Waals surface area contributed by atoms with Crippen molar-refractivity contribution in [3.05, 3.63) is 52.0 Å². The lowest BCUT2D eigenvalue weighted by molar-refractivity contribution is 0.628. The molecule has 2 rings (SSSR count). The van der Waals surface area contributed by atoms with Gasteiger partial charge in [-0.15, -0.1) is 11.3 Å². The summed E-state index contributed by atoms with van der Waals surface area (Å²) in [5.41, 5.74) is 4.61. The number of nitrogens with zero attached hydrogens (tertiary/aromatic N) is 1. The molecule has 2 nitrogen and oxygen atoms in total. The van der Waals surface area contributed by atoms with Crippen molar-refractivity contribution >= 4 is 22.7 Å². The third-order valence-corrected chi connectivity index (χ3v) is 3.40. The van der Waals surface area contributed by atoms with Crippen molar-refractivity contribution in [3.63, 3.8) is 0 Å². The second-order valence-corrected chi connectivity index (χ2v) is 5.01. The molecule has 0 aliphatic heterocycles. The minimum atomic E-state index is -0.245. The van der Waals surface area contributed by atoms with Crippen LogP contribution in [0.5, 0.6) is 0 Å². The molecular weight excluding hydrogens is 235 g/mol. The van der Waals surface area contributed by atoms with Gasteiger partial charge in [-0.2, -0.15) is 5.10 Å². The van der Waals surface area contributed by atoms with Gasteiger partial charge in [0.1, 0.15) is 5.82 Å². The van der Waals surface area contributed by atoms with E-state index in [1.807, 2.05) is 13.0 Å². The number of nitrogens with one attached hydrogen (secondary N) is 1. The van der Waals surface area contributed by atoms with Crippen LogP contribution in [-0.2, 0) is 0 Å². The van der Waals surface area contributed by atoms with Crippen molar-refractivity contribution in [2.24, 2.45) is 5.10 Å². The topological polar surface area (TPSA) is 24.4 Å². The molecule has 0 spiro atoms. The second kappa shape index (κ2) is 5.10. The van der Waals surface area contributed by atoms with Gasteiger partial charge >= 0.3 is 0 Å². The maximum Gasteiger partial charge on any atom is 0.123 e. The molecule has 1 heterocycles. The number of thiophene rings is 1. The first-order valence-corrected chi connectivity index (χ1v) is 6.09. The standard InChI is InChI=1S/C13H13FN2S/c1-9-3-8-13(17-9)10(2)15-16-12-6-4-11(14)5-7-12/h3-8,16H,1-2H3/b15-10-. The molecule has 0 amide bonds. The summed E-state index contributed by atoms with van der Waals surface area (Å²) in [7, 11) is 0. The van der Waals surface area contributed by atoms with Gasteiger partial charge in [-0.05, 0) is 50.2 Å². The zero-order valence-corrected chi connectivity index (χ0v) is 10.5. The Labute approximate surface area is 104 Å². The maximum atomic E-state index is 12.7. The van der Waals surface area contributed by atoms with Gasteiger partial charge in [0, 0.05) is 4.88 Å². The van der Waals surface area contributed by atoms with Crippen LogP contribution in [0.1, 0.15) is 16.7 Å². The minimum absolute atomic E-state index is 0.245. The number of benzene rings is 1. The van der Waals surface area contributed by atoms with Gasteiger partial charge in [0.2, 0.25) is 0 Å². The highest BCUT2D eigenvalue weighted by Crippen LogP contribution is 2.16. The number of aryl methyl sites for hydroxylation is 1. The van der Waals surface area contributed by atoms with E-state index >= 15 is 0 Å². The lowest BCUT2D eigenvalue weighted by atomic mass is 10.3. The molecule has 0 radical (unpaired) electrons. The largest absolute Gasteiger partial charge is 0.278 e. The summed E-state index contributed by atoms with van der Waals surface area (Å²) >= 11 is 1.70. The number of anilines is 1. The molecular formula is C13H13FN2S. The van der Waals surface area contributed by atoms with Crippen LogP contribution in [0.25, 0.3) is 0 Å². The molecule has 0 saturated heterocycles. The summed E-state index contributed by atoms with van der Waals surface area (Å²) < 4.78 is 12.7. The minimum Gasteiger partial charge on any atom is -0.278 e. The SMILES string of the molecule is C/C(=N/Nc1ccc(F)cc1)c1ccc(C)s1. The molecule has 0 unspecified atom stereocenters. The maximum absolute atomic E-state index is 12.7. The molecule has 2 aromatic rings. The van der Waals surface area contributed by atoms with E-state index in [1.54, 1.807) is 23.5 Å². The predicted molar refractivity (Wildman–Crippen MR) is 71.3 cm³/mol. The second-order valence-electron chi connectivity index (χ2n) is 3.73. The molecule has 1 aromatic heterocycles. The quantitative estimate of drug-likeness (QED) is 0.643. The van der Waals surface area contributed by atoms with E-state index in [9.17, 15) is 4.39 Å². The highest BCUT2D eigenvalue weighted by atomic mass is 32.1. The monoisotopic (exact) mass is 248 g/mol. The van der Waals surface area contributed by atoms with Crippen molar-refractivity contribution in [1.29, 1.82) is 0 Å². The Hall–Kier alpha value is -1.68. The average molecular weight is 248 g/mol. The Morgan fingerprint density at radius 3 is 2.47 bits per heavy atom. The van der Waals surface area contributed by atoms with Crippen molar-refractivity contribution < 1.29 is 4.39 Å². The Morgan fingerprint density at radius 1 is 1.18 bits per heavy atom. The molecule has 0 saturated carbocycles. The number of hydrogen-bond donors (Lipinski definition) is 1. The average Bonchev–Trinajstić information content (AvgIpc) is 2.75. The van der Waals surface area contributed by atoms with Gasteiger partial charge < -0.3 is 0 Å². The summed E-state index contributed by atoms with van der Waals surface area (Å²) in [5.74, 6) is -0.245. The van der Waals surface area contributed by atoms with E-state index in [-0.39, 0.29) is 5.82 Å². The molecule has 0 atom stereocenters. The van der Waals surface area contributed by atoms with Crippen molar-refractivity contribution in [3.8, 4) is 0 Å². The lowest BCUT2D eigenvalue weighted by Crippen LogP contribution is -1.97. The normalized spacial score (nSPS) is 11.6. The van der Waals surface area contributed by atoms with Crippen LogP contribution in [0.2, 0.25) is 0 Å². The van der Waals surface area contributed by atoms with Gasteiger partial charge in [0.25, 0.3) is 0 Å². The third kappa shape index (κ3) is 3.14. The first-order chi connectivity index (χ1) is 8.15. The van der Waals surface area contributed by atoms with Crippen LogP contribution in [0.3, 0.4) is 0 Å². The summed E-state index contributed by atoms with van der Waals surface area (Å²) in [6.07, 6.45) is 0. The first-order valence-electron chi connectivity index (χ1n) is 5.28. The fourth-order valence-electron chi connectivity index (χ4n) is 1.36. The molecule has 0 fully saturated rings. The van der Waals surface area contributed by atoms with Crippen molar-refractivity contribution in [1.82, 2.24) is 0 Å². The highest BCUT2D eigenvalue weighted by molar-refractivity contribution is 7.14. The summed E-state index contributed by atoms with van der Waals surface area (Å²) in [6.45, 7) is 4.01. The van der Waals surface area contributed by atoms with Crippen molar-refractivity contribution in [2.75, 3.05) is 5.43 Å². The van der Waals surface area contributed by atoms with E-state index in [2.05, 4.69) is 23.5 Å². The number of rotatable bonds is 3. The summed E-state index contributed by atoms with van der Waals surface area (Å²) in [6, 6.07) is 10.2. The molecule has 0 aliphatic rings. The number of hydrazone groups is 1. The third-order valence-electron chi connectivity index (χ3n) is 2.29. The summed E-state index contributed by atoms with van der Waals surface area (Å²) in [4.78, 5) is 2.40. The van der Waals surface area contributed by atoms with Crippen LogP contribution in [0, 0.1) is 12.7 Å². The van der Waals surface area contributed by atoms with Crippen LogP contribution >= 0.6 is 11.3 Å². The Morgan fingerprint density at radius 2 is 1.88 bits per heavy atom. The molecule has 1 aromatic carbocycles. The highest BCUT2D eigenvalue weighted by Gasteiger charge is 2.00. The lowest BCUT2D eigenvalue weighted by Gasteiger charge is -2.01. The van der Waals surface area contributed by atoms with Gasteiger partial charge in [-0.3, -0.25) is 5.43 Å². The summed E-state index contributed by atoms with van der Waals surface area (Å²) in [5, 5.41) is 4.26. The number of halogens is 1. The fraction of sp³-hybridized carbons (Fsp3) is 0.154. The van der Waals surface area contributed by atoms with E-state index in [1.165, 1.54) is 17.0 Å². The molecule has 17 heavy (non-hydrogen) atoms. The van der Waals surface area contributed by atoms with E-state index in [0.717, 1.165) is 16.3 Å². The predicted octanol–water partition coefficient (Wildman–Crippen LogP) is 4.03. The van der Waals surface area contributed by atoms with Crippen LogP contribution in [0.15, 0.2) is 41.5 Å². The zero-order chi connectivity index (χ0) is 12.3. The van der Waals surface area contributed by atoms with Crippen molar-refractivity contribution in [2.45, 2.75) is 13.8 Å². The number of hydrogen-bond acceptors (Lipinski definition) is 3. The van der Waals surface area contributed by atoms with Crippen LogP contribution in [0.4, 0.5) is 10.1 Å². The zero-order valence-electron chi connectivity index (χ0n) is 9.70. The Balaban J connectivity index is 2.08. The van der Waals surface area contributed by atoms with E-state index < -0.39 is 0 Å². The molecule has 0 bridgehead atoms. The molecule has 88 valence electrons. The van der Waals surface area contributed by atoms with Crippen LogP contribution < -0.4 is 5.43 Å². The Kier molecular flexibility index (Phi) is 3.54. The van der Waals surface area contributed by atoms with Gasteiger partial charge in [-0.1, -0.05) is 0 Å². The van der Waals surface area contributed by atoms with Gasteiger partial charge in [0.05, 0.1) is 16.3 Å². The fourth-order valence-corrected chi connectivity index (χ4v) is 2.17. The van der Waals surface area contributed by atoms with Gasteiger partial charge in [-0.25, -0.2) is 4.39 Å². The van der Waals surface area contributed by atoms with E-state index in [4.69, 9.17) is 0 Å². The van der Waals surface area contributed by atoms with E-state index in [0.29, 0.717) is 0 Å². The van der Waals surface area contributed by atoms with Gasteiger partial charge in [0.15, 0.2) is 0 Å². The smallest absolute Gasteiger partial charge is 0.123 e. The molecule has 0 aliphatic carbocycles. The Bertz CT molecular complexity index is 529. The first kappa shape index (κ1) is 11.8. The van der Waals surface area contributed by atoms with Crippen LogP contribution in [-0.4, -0.2) is 5.71 Å². The molecule has 4 heteroatoms. The molecule has 1 N–H and O–H groups in total.